The van der Waals surface area contributed by atoms with Gasteiger partial charge >= 0.3 is 0 Å². The zero-order valence-electron chi connectivity index (χ0n) is 16.7. The molecule has 1 fully saturated rings. The monoisotopic (exact) mass is 396 g/mol. The number of hydrogen-bond acceptors (Lipinski definition) is 5. The molecule has 154 valence electrons. The number of nitrogens with one attached hydrogen (secondary N) is 1. The van der Waals surface area contributed by atoms with Gasteiger partial charge in [-0.1, -0.05) is 42.5 Å². The predicted molar refractivity (Wildman–Crippen MR) is 110 cm³/mol. The van der Waals surface area contributed by atoms with E-state index in [-0.39, 0.29) is 30.8 Å². The third-order valence-electron chi connectivity index (χ3n) is 5.25. The molecule has 0 aliphatic carbocycles. The highest BCUT2D eigenvalue weighted by molar-refractivity contribution is 5.90. The van der Waals surface area contributed by atoms with E-state index in [0.29, 0.717) is 26.1 Å². The molecule has 0 spiro atoms. The Labute approximate surface area is 171 Å². The number of Topliss-reactive ketones (excluding diaryl/α,β-unsaturated/α-hetero) is 1. The van der Waals surface area contributed by atoms with Crippen molar-refractivity contribution in [3.63, 3.8) is 0 Å². The minimum atomic E-state index is -0.477. The molecule has 2 atom stereocenters. The fraction of sp³-hybridized carbons (Fsp3) is 0.391. The lowest BCUT2D eigenvalue weighted by atomic mass is 9.99. The Bertz CT molecular complexity index is 807. The molecule has 6 heteroatoms. The zero-order valence-corrected chi connectivity index (χ0v) is 16.7. The van der Waals surface area contributed by atoms with Gasteiger partial charge in [0.25, 0.3) is 0 Å². The van der Waals surface area contributed by atoms with Crippen molar-refractivity contribution in [2.45, 2.75) is 38.5 Å². The SMILES string of the molecule is C[C@H](NC(=O)[C@H]1CC(=O)CCN1CCOc1ccccc1)c1ccc(CO)cc1. The van der Waals surface area contributed by atoms with Crippen molar-refractivity contribution in [1.82, 2.24) is 10.2 Å². The average molecular weight is 396 g/mol. The Kier molecular flexibility index (Phi) is 7.38. The molecule has 0 unspecified atom stereocenters. The number of likely N-dealkylation sites (tertiary alicyclic amines) is 1. The molecule has 2 aromatic carbocycles. The standard InChI is InChI=1S/C23H28N2O4/c1-17(19-9-7-18(16-26)8-10-19)24-23(28)22-15-20(27)11-12-25(22)13-14-29-21-5-3-2-4-6-21/h2-10,17,22,26H,11-16H2,1H3,(H,24,28)/t17-,22+/m0/s1. The number of ether oxygens (including phenoxy) is 1. The van der Waals surface area contributed by atoms with Crippen LogP contribution in [0.2, 0.25) is 0 Å². The maximum absolute atomic E-state index is 12.9. The highest BCUT2D eigenvalue weighted by atomic mass is 16.5. The van der Waals surface area contributed by atoms with Crippen LogP contribution < -0.4 is 10.1 Å². The Morgan fingerprint density at radius 3 is 2.62 bits per heavy atom. The van der Waals surface area contributed by atoms with Crippen LogP contribution in [0.15, 0.2) is 54.6 Å². The number of ketones is 1. The summed E-state index contributed by atoms with van der Waals surface area (Å²) in [5.41, 5.74) is 1.78. The van der Waals surface area contributed by atoms with Gasteiger partial charge in [0.15, 0.2) is 0 Å². The van der Waals surface area contributed by atoms with Crippen LogP contribution in [0, 0.1) is 0 Å². The van der Waals surface area contributed by atoms with Crippen LogP contribution in [-0.2, 0) is 16.2 Å². The van der Waals surface area contributed by atoms with E-state index in [4.69, 9.17) is 9.84 Å². The van der Waals surface area contributed by atoms with Crippen LogP contribution in [-0.4, -0.2) is 47.4 Å². The number of aliphatic hydroxyl groups excluding tert-OH is 1. The molecule has 0 radical (unpaired) electrons. The molecule has 6 nitrogen and oxygen atoms in total. The topological polar surface area (TPSA) is 78.9 Å². The van der Waals surface area contributed by atoms with E-state index in [0.717, 1.165) is 16.9 Å². The summed E-state index contributed by atoms with van der Waals surface area (Å²) in [4.78, 5) is 26.9. The van der Waals surface area contributed by atoms with Gasteiger partial charge in [-0.05, 0) is 30.2 Å². The quantitative estimate of drug-likeness (QED) is 0.717. The number of hydrogen-bond donors (Lipinski definition) is 2. The normalized spacial score (nSPS) is 18.3. The summed E-state index contributed by atoms with van der Waals surface area (Å²) in [6.07, 6.45) is 0.695. The van der Waals surface area contributed by atoms with Gasteiger partial charge in [-0.2, -0.15) is 0 Å². The Morgan fingerprint density at radius 1 is 1.21 bits per heavy atom. The van der Waals surface area contributed by atoms with Crippen molar-refractivity contribution >= 4 is 11.7 Å². The fourth-order valence-corrected chi connectivity index (χ4v) is 3.50. The number of amides is 1. The van der Waals surface area contributed by atoms with Crippen molar-refractivity contribution in [2.24, 2.45) is 0 Å². The van der Waals surface area contributed by atoms with E-state index in [9.17, 15) is 9.59 Å². The van der Waals surface area contributed by atoms with E-state index in [1.165, 1.54) is 0 Å². The van der Waals surface area contributed by atoms with Gasteiger partial charge in [-0.25, -0.2) is 0 Å². The van der Waals surface area contributed by atoms with E-state index in [1.54, 1.807) is 0 Å². The number of aliphatic hydroxyl groups is 1. The molecule has 1 heterocycles. The average Bonchev–Trinajstić information content (AvgIpc) is 2.75. The molecule has 1 amide bonds. The molecule has 1 aliphatic rings. The van der Waals surface area contributed by atoms with Crippen LogP contribution in [0.1, 0.15) is 36.9 Å². The van der Waals surface area contributed by atoms with Crippen LogP contribution in [0.25, 0.3) is 0 Å². The summed E-state index contributed by atoms with van der Waals surface area (Å²) >= 11 is 0. The van der Waals surface area contributed by atoms with E-state index in [2.05, 4.69) is 5.32 Å². The Morgan fingerprint density at radius 2 is 1.93 bits per heavy atom. The molecule has 2 N–H and O–H groups in total. The molecular weight excluding hydrogens is 368 g/mol. The molecule has 0 saturated carbocycles. The van der Waals surface area contributed by atoms with E-state index < -0.39 is 6.04 Å². The van der Waals surface area contributed by atoms with Crippen molar-refractivity contribution in [2.75, 3.05) is 19.7 Å². The summed E-state index contributed by atoms with van der Waals surface area (Å²) in [6, 6.07) is 16.4. The first-order chi connectivity index (χ1) is 14.1. The van der Waals surface area contributed by atoms with E-state index in [1.807, 2.05) is 66.4 Å². The summed E-state index contributed by atoms with van der Waals surface area (Å²) in [7, 11) is 0. The number of para-hydroxylation sites is 1. The first-order valence-electron chi connectivity index (χ1n) is 10.0. The number of benzene rings is 2. The third-order valence-corrected chi connectivity index (χ3v) is 5.25. The summed E-state index contributed by atoms with van der Waals surface area (Å²) < 4.78 is 5.76. The maximum atomic E-state index is 12.9. The van der Waals surface area contributed by atoms with Crippen LogP contribution in [0.3, 0.4) is 0 Å². The summed E-state index contributed by atoms with van der Waals surface area (Å²) in [5, 5.41) is 12.2. The fourth-order valence-electron chi connectivity index (χ4n) is 3.50. The molecule has 1 saturated heterocycles. The lowest BCUT2D eigenvalue weighted by Crippen LogP contribution is -2.53. The number of rotatable bonds is 8. The number of piperidine rings is 1. The van der Waals surface area contributed by atoms with Crippen molar-refractivity contribution < 1.29 is 19.4 Å². The van der Waals surface area contributed by atoms with Gasteiger partial charge in [-0.3, -0.25) is 14.5 Å². The highest BCUT2D eigenvalue weighted by Gasteiger charge is 2.33. The maximum Gasteiger partial charge on any atom is 0.238 e. The first-order valence-corrected chi connectivity index (χ1v) is 10.0. The van der Waals surface area contributed by atoms with Crippen LogP contribution >= 0.6 is 0 Å². The van der Waals surface area contributed by atoms with Crippen LogP contribution in [0.5, 0.6) is 5.75 Å². The van der Waals surface area contributed by atoms with Gasteiger partial charge in [0.2, 0.25) is 5.91 Å². The second-order valence-electron chi connectivity index (χ2n) is 7.34. The molecule has 2 aromatic rings. The van der Waals surface area contributed by atoms with E-state index >= 15 is 0 Å². The largest absolute Gasteiger partial charge is 0.492 e. The molecule has 1 aliphatic heterocycles. The smallest absolute Gasteiger partial charge is 0.238 e. The van der Waals surface area contributed by atoms with Crippen molar-refractivity contribution in [3.05, 3.63) is 65.7 Å². The zero-order chi connectivity index (χ0) is 20.6. The second kappa shape index (κ2) is 10.2. The van der Waals surface area contributed by atoms with Crippen molar-refractivity contribution in [1.29, 1.82) is 0 Å². The molecule has 0 aromatic heterocycles. The lowest BCUT2D eigenvalue weighted by molar-refractivity contribution is -0.134. The highest BCUT2D eigenvalue weighted by Crippen LogP contribution is 2.18. The summed E-state index contributed by atoms with van der Waals surface area (Å²) in [6.45, 7) is 3.51. The lowest BCUT2D eigenvalue weighted by Gasteiger charge is -2.34. The first kappa shape index (κ1) is 21.0. The van der Waals surface area contributed by atoms with Gasteiger partial charge in [0.05, 0.1) is 18.7 Å². The third kappa shape index (κ3) is 5.89. The van der Waals surface area contributed by atoms with Crippen LogP contribution in [0.4, 0.5) is 0 Å². The molecule has 29 heavy (non-hydrogen) atoms. The molecule has 3 rings (SSSR count). The van der Waals surface area contributed by atoms with Crippen molar-refractivity contribution in [3.8, 4) is 5.75 Å². The predicted octanol–water partition coefficient (Wildman–Crippen LogP) is 2.47. The van der Waals surface area contributed by atoms with Gasteiger partial charge in [0, 0.05) is 25.9 Å². The number of carbonyl (C=O) groups excluding carboxylic acids is 2. The minimum Gasteiger partial charge on any atom is -0.492 e. The number of nitrogens with zero attached hydrogens (tertiary/aromatic N) is 1. The summed E-state index contributed by atoms with van der Waals surface area (Å²) in [5.74, 6) is 0.767. The molecule has 0 bridgehead atoms. The second-order valence-corrected chi connectivity index (χ2v) is 7.34. The van der Waals surface area contributed by atoms with Gasteiger partial charge < -0.3 is 15.2 Å². The Balaban J connectivity index is 1.58. The Hall–Kier alpha value is -2.70. The van der Waals surface area contributed by atoms with Gasteiger partial charge in [0.1, 0.15) is 18.1 Å². The number of carbonyl (C=O) groups is 2. The van der Waals surface area contributed by atoms with Gasteiger partial charge in [-0.15, -0.1) is 0 Å². The minimum absolute atomic E-state index is 0.00871. The molecular formula is C23H28N2O4.